The molecule has 0 radical (unpaired) electrons. The van der Waals surface area contributed by atoms with E-state index in [1.165, 1.54) is 4.68 Å². The van der Waals surface area contributed by atoms with Crippen LogP contribution in [0.25, 0.3) is 0 Å². The first-order valence-electron chi connectivity index (χ1n) is 4.51. The molecule has 0 atom stereocenters. The lowest BCUT2D eigenvalue weighted by molar-refractivity contribution is -0.385. The van der Waals surface area contributed by atoms with E-state index in [4.69, 9.17) is 5.11 Å². The molecule has 8 heteroatoms. The quantitative estimate of drug-likeness (QED) is 0.564. The van der Waals surface area contributed by atoms with Crippen molar-refractivity contribution < 1.29 is 14.8 Å². The molecular weight excluding hydrogens is 216 g/mol. The topological polar surface area (TPSA) is 102 Å². The van der Waals surface area contributed by atoms with Gasteiger partial charge in [-0.05, 0) is 14.1 Å². The molecule has 0 bridgehead atoms. The van der Waals surface area contributed by atoms with Gasteiger partial charge in [-0.25, -0.2) is 4.79 Å². The number of carbonyl (C=O) groups is 1. The summed E-state index contributed by atoms with van der Waals surface area (Å²) in [5.41, 5.74) is -1.00. The molecule has 0 spiro atoms. The molecule has 1 rings (SSSR count). The van der Waals surface area contributed by atoms with Crippen LogP contribution < -0.4 is 0 Å². The van der Waals surface area contributed by atoms with Gasteiger partial charge in [0.1, 0.15) is 6.20 Å². The molecule has 1 heterocycles. The fourth-order valence-corrected chi connectivity index (χ4v) is 1.11. The molecule has 8 nitrogen and oxygen atoms in total. The van der Waals surface area contributed by atoms with Crippen molar-refractivity contribution >= 4 is 11.7 Å². The summed E-state index contributed by atoms with van der Waals surface area (Å²) in [6, 6.07) is 0. The van der Waals surface area contributed by atoms with E-state index in [2.05, 4.69) is 5.10 Å². The van der Waals surface area contributed by atoms with E-state index in [0.29, 0.717) is 13.1 Å². The standard InChI is InChI=1S/C8H12N4O4/c1-10(2)3-4-11-5-6(12(15)16)7(9-11)8(13)14/h5H,3-4H2,1-2H3,(H,13,14). The minimum atomic E-state index is -1.39. The lowest BCUT2D eigenvalue weighted by Gasteiger charge is -2.08. The zero-order valence-electron chi connectivity index (χ0n) is 8.95. The average Bonchev–Trinajstić information content (AvgIpc) is 2.58. The Morgan fingerprint density at radius 1 is 1.69 bits per heavy atom. The number of carboxylic acids is 1. The van der Waals surface area contributed by atoms with Crippen molar-refractivity contribution in [3.05, 3.63) is 22.0 Å². The summed E-state index contributed by atoms with van der Waals surface area (Å²) < 4.78 is 1.27. The number of likely N-dealkylation sites (N-methyl/N-ethyl adjacent to an activating group) is 1. The van der Waals surface area contributed by atoms with Crippen LogP contribution in [0.15, 0.2) is 6.20 Å². The number of aromatic carboxylic acids is 1. The second-order valence-electron chi connectivity index (χ2n) is 3.49. The van der Waals surface area contributed by atoms with Crippen molar-refractivity contribution in [3.8, 4) is 0 Å². The molecule has 88 valence electrons. The fraction of sp³-hybridized carbons (Fsp3) is 0.500. The zero-order chi connectivity index (χ0) is 12.3. The van der Waals surface area contributed by atoms with Crippen molar-refractivity contribution in [1.82, 2.24) is 14.7 Å². The Bertz CT molecular complexity index is 381. The van der Waals surface area contributed by atoms with Gasteiger partial charge in [-0.3, -0.25) is 14.8 Å². The maximum absolute atomic E-state index is 10.7. The van der Waals surface area contributed by atoms with Gasteiger partial charge in [0.15, 0.2) is 0 Å². The van der Waals surface area contributed by atoms with Crippen molar-refractivity contribution in [2.75, 3.05) is 20.6 Å². The first-order chi connectivity index (χ1) is 7.41. The predicted octanol–water partition coefficient (Wildman–Crippen LogP) is 0.0511. The van der Waals surface area contributed by atoms with Crippen LogP contribution in [0.5, 0.6) is 0 Å². The molecule has 0 aliphatic rings. The molecule has 1 aromatic rings. The highest BCUT2D eigenvalue weighted by Gasteiger charge is 2.24. The Balaban J connectivity index is 2.93. The molecule has 0 saturated heterocycles. The van der Waals surface area contributed by atoms with Gasteiger partial charge in [0, 0.05) is 6.54 Å². The normalized spacial score (nSPS) is 10.7. The van der Waals surface area contributed by atoms with Crippen LogP contribution in [0.3, 0.4) is 0 Å². The minimum absolute atomic E-state index is 0.404. The third-order valence-electron chi connectivity index (χ3n) is 1.92. The second kappa shape index (κ2) is 4.71. The SMILES string of the molecule is CN(C)CCn1cc([N+](=O)[O-])c(C(=O)O)n1. The van der Waals surface area contributed by atoms with Crippen molar-refractivity contribution in [3.63, 3.8) is 0 Å². The van der Waals surface area contributed by atoms with Crippen LogP contribution in [-0.2, 0) is 6.54 Å². The first kappa shape index (κ1) is 12.1. The van der Waals surface area contributed by atoms with E-state index < -0.39 is 22.3 Å². The summed E-state index contributed by atoms with van der Waals surface area (Å²) in [6.45, 7) is 1.03. The molecule has 0 aliphatic carbocycles. The van der Waals surface area contributed by atoms with Crippen LogP contribution in [0, 0.1) is 10.1 Å². The van der Waals surface area contributed by atoms with Gasteiger partial charge < -0.3 is 10.0 Å². The summed E-state index contributed by atoms with van der Waals surface area (Å²) in [7, 11) is 3.69. The smallest absolute Gasteiger partial charge is 0.363 e. The second-order valence-corrected chi connectivity index (χ2v) is 3.49. The Labute approximate surface area is 91.2 Å². The maximum Gasteiger partial charge on any atom is 0.363 e. The largest absolute Gasteiger partial charge is 0.476 e. The molecule has 0 saturated carbocycles. The van der Waals surface area contributed by atoms with Gasteiger partial charge in [0.25, 0.3) is 0 Å². The van der Waals surface area contributed by atoms with Gasteiger partial charge in [0.2, 0.25) is 5.69 Å². The number of rotatable bonds is 5. The number of nitro groups is 1. The molecule has 1 aromatic heterocycles. The van der Waals surface area contributed by atoms with E-state index >= 15 is 0 Å². The highest BCUT2D eigenvalue weighted by Crippen LogP contribution is 2.16. The van der Waals surface area contributed by atoms with E-state index in [0.717, 1.165) is 6.20 Å². The van der Waals surface area contributed by atoms with Crippen LogP contribution in [0.4, 0.5) is 5.69 Å². The van der Waals surface area contributed by atoms with Crippen molar-refractivity contribution in [2.45, 2.75) is 6.54 Å². The number of hydrogen-bond acceptors (Lipinski definition) is 5. The Morgan fingerprint density at radius 3 is 2.69 bits per heavy atom. The van der Waals surface area contributed by atoms with Crippen LogP contribution in [-0.4, -0.2) is 51.3 Å². The summed E-state index contributed by atoms with van der Waals surface area (Å²) >= 11 is 0. The minimum Gasteiger partial charge on any atom is -0.476 e. The number of carboxylic acid groups (broad SMARTS) is 1. The number of aromatic nitrogens is 2. The molecule has 0 amide bonds. The summed E-state index contributed by atoms with van der Waals surface area (Å²) in [5, 5.41) is 22.9. The maximum atomic E-state index is 10.7. The van der Waals surface area contributed by atoms with Crippen LogP contribution in [0.2, 0.25) is 0 Å². The van der Waals surface area contributed by atoms with Crippen LogP contribution in [0.1, 0.15) is 10.5 Å². The summed E-state index contributed by atoms with van der Waals surface area (Å²) in [4.78, 5) is 22.4. The fourth-order valence-electron chi connectivity index (χ4n) is 1.11. The van der Waals surface area contributed by atoms with Gasteiger partial charge in [-0.2, -0.15) is 5.10 Å². The van der Waals surface area contributed by atoms with Gasteiger partial charge >= 0.3 is 11.7 Å². The first-order valence-corrected chi connectivity index (χ1v) is 4.51. The molecule has 16 heavy (non-hydrogen) atoms. The molecule has 0 aliphatic heterocycles. The van der Waals surface area contributed by atoms with E-state index in [9.17, 15) is 14.9 Å². The predicted molar refractivity (Wildman–Crippen MR) is 54.4 cm³/mol. The molecule has 1 N–H and O–H groups in total. The lowest BCUT2D eigenvalue weighted by Crippen LogP contribution is -2.18. The average molecular weight is 228 g/mol. The summed E-state index contributed by atoms with van der Waals surface area (Å²) in [6.07, 6.45) is 1.13. The van der Waals surface area contributed by atoms with Crippen LogP contribution >= 0.6 is 0 Å². The Hall–Kier alpha value is -1.96. The molecular formula is C8H12N4O4. The molecule has 0 fully saturated rings. The lowest BCUT2D eigenvalue weighted by atomic mass is 10.4. The van der Waals surface area contributed by atoms with Gasteiger partial charge in [0.05, 0.1) is 11.5 Å². The van der Waals surface area contributed by atoms with Crippen molar-refractivity contribution in [1.29, 1.82) is 0 Å². The monoisotopic (exact) mass is 228 g/mol. The highest BCUT2D eigenvalue weighted by molar-refractivity contribution is 5.89. The molecule has 0 unspecified atom stereocenters. The van der Waals surface area contributed by atoms with Gasteiger partial charge in [-0.15, -0.1) is 0 Å². The summed E-state index contributed by atoms with van der Waals surface area (Å²) in [5.74, 6) is -1.39. The van der Waals surface area contributed by atoms with Gasteiger partial charge in [-0.1, -0.05) is 0 Å². The third-order valence-corrected chi connectivity index (χ3v) is 1.92. The third kappa shape index (κ3) is 2.76. The molecule has 0 aromatic carbocycles. The highest BCUT2D eigenvalue weighted by atomic mass is 16.6. The number of hydrogen-bond donors (Lipinski definition) is 1. The van der Waals surface area contributed by atoms with E-state index in [-0.39, 0.29) is 0 Å². The zero-order valence-corrected chi connectivity index (χ0v) is 8.95. The Morgan fingerprint density at radius 2 is 2.31 bits per heavy atom. The van der Waals surface area contributed by atoms with E-state index in [1.54, 1.807) is 0 Å². The number of nitrogens with zero attached hydrogens (tertiary/aromatic N) is 4. The Kier molecular flexibility index (Phi) is 3.56. The van der Waals surface area contributed by atoms with Crippen molar-refractivity contribution in [2.24, 2.45) is 0 Å². The van der Waals surface area contributed by atoms with E-state index in [1.807, 2.05) is 19.0 Å².